The van der Waals surface area contributed by atoms with Gasteiger partial charge in [-0.1, -0.05) is 13.0 Å². The molecule has 0 aliphatic rings. The molecule has 0 bridgehead atoms. The number of carbonyl (C=O) groups excluding carboxylic acids is 2. The molecule has 0 aliphatic carbocycles. The molecule has 0 aromatic heterocycles. The first-order valence-electron chi connectivity index (χ1n) is 3.34. The van der Waals surface area contributed by atoms with Crippen LogP contribution >= 0.6 is 0 Å². The van der Waals surface area contributed by atoms with Crippen molar-refractivity contribution < 1.29 is 9.59 Å². The van der Waals surface area contributed by atoms with E-state index in [9.17, 15) is 9.59 Å². The Bertz CT molecular complexity index is 157. The van der Waals surface area contributed by atoms with E-state index in [1.54, 1.807) is 6.08 Å². The van der Waals surface area contributed by atoms with Gasteiger partial charge in [-0.25, -0.2) is 0 Å². The van der Waals surface area contributed by atoms with Gasteiger partial charge in [-0.3, -0.25) is 9.59 Å². The summed E-state index contributed by atoms with van der Waals surface area (Å²) in [5, 5.41) is 0. The Kier molecular flexibility index (Phi) is 4.46. The molecule has 0 aromatic carbocycles. The smallest absolute Gasteiger partial charge is 0.146 e. The minimum Gasteiger partial charge on any atom is -0.300 e. The predicted molar refractivity (Wildman–Crippen MR) is 39.7 cm³/mol. The lowest BCUT2D eigenvalue weighted by Crippen LogP contribution is -1.94. The zero-order chi connectivity index (χ0) is 7.98. The van der Waals surface area contributed by atoms with Crippen LogP contribution in [0.15, 0.2) is 11.6 Å². The Hall–Kier alpha value is -0.920. The minimum absolute atomic E-state index is 0.0341. The van der Waals surface area contributed by atoms with Gasteiger partial charge in [0.25, 0.3) is 0 Å². The summed E-state index contributed by atoms with van der Waals surface area (Å²) >= 11 is 0. The van der Waals surface area contributed by atoms with Gasteiger partial charge in [0, 0.05) is 6.42 Å². The highest BCUT2D eigenvalue weighted by atomic mass is 16.1. The molecular formula is C8H12O2. The van der Waals surface area contributed by atoms with Crippen LogP contribution in [0.1, 0.15) is 26.7 Å². The number of Topliss-reactive ketones (excluding diaryl/α,β-unsaturated/α-hetero) is 1. The van der Waals surface area contributed by atoms with Crippen molar-refractivity contribution in [1.29, 1.82) is 0 Å². The maximum Gasteiger partial charge on any atom is 0.146 e. The molecule has 0 fully saturated rings. The first kappa shape index (κ1) is 9.08. The van der Waals surface area contributed by atoms with E-state index in [1.165, 1.54) is 6.92 Å². The van der Waals surface area contributed by atoms with Crippen LogP contribution in [0.25, 0.3) is 0 Å². The average molecular weight is 140 g/mol. The second kappa shape index (κ2) is 4.91. The number of allylic oxidation sites excluding steroid dienone is 2. The third-order valence-corrected chi connectivity index (χ3v) is 1.07. The maximum absolute atomic E-state index is 10.5. The van der Waals surface area contributed by atoms with E-state index in [1.807, 2.05) is 6.92 Å². The van der Waals surface area contributed by atoms with Crippen LogP contribution in [-0.4, -0.2) is 12.1 Å². The van der Waals surface area contributed by atoms with Crippen LogP contribution in [0, 0.1) is 0 Å². The number of hydrogen-bond acceptors (Lipinski definition) is 2. The fourth-order valence-electron chi connectivity index (χ4n) is 0.712. The molecule has 0 heterocycles. The summed E-state index contributed by atoms with van der Waals surface area (Å²) in [5.41, 5.74) is 0.593. The van der Waals surface area contributed by atoms with Crippen LogP contribution in [0.5, 0.6) is 0 Å². The highest BCUT2D eigenvalue weighted by molar-refractivity contribution is 5.87. The fourth-order valence-corrected chi connectivity index (χ4v) is 0.712. The normalized spacial score (nSPS) is 11.2. The van der Waals surface area contributed by atoms with Gasteiger partial charge in [-0.15, -0.1) is 0 Å². The molecule has 2 nitrogen and oxygen atoms in total. The van der Waals surface area contributed by atoms with Gasteiger partial charge in [0.2, 0.25) is 0 Å². The van der Waals surface area contributed by atoms with E-state index in [-0.39, 0.29) is 12.2 Å². The zero-order valence-corrected chi connectivity index (χ0v) is 6.39. The van der Waals surface area contributed by atoms with E-state index in [2.05, 4.69) is 0 Å². The van der Waals surface area contributed by atoms with Crippen molar-refractivity contribution in [3.05, 3.63) is 11.6 Å². The van der Waals surface area contributed by atoms with Crippen molar-refractivity contribution in [2.75, 3.05) is 0 Å². The Morgan fingerprint density at radius 2 is 2.10 bits per heavy atom. The summed E-state index contributed by atoms with van der Waals surface area (Å²) in [4.78, 5) is 20.7. The van der Waals surface area contributed by atoms with Gasteiger partial charge in [-0.05, 0) is 18.9 Å². The molecule has 0 N–H and O–H groups in total. The van der Waals surface area contributed by atoms with Gasteiger partial charge >= 0.3 is 0 Å². The highest BCUT2D eigenvalue weighted by Crippen LogP contribution is 1.99. The monoisotopic (exact) mass is 140 g/mol. The van der Waals surface area contributed by atoms with E-state index in [4.69, 9.17) is 0 Å². The second-order valence-corrected chi connectivity index (χ2v) is 2.18. The molecule has 0 unspecified atom stereocenters. The molecule has 0 aromatic rings. The molecule has 56 valence electrons. The van der Waals surface area contributed by atoms with E-state index in [0.717, 1.165) is 12.7 Å². The molecule has 2 heteroatoms. The van der Waals surface area contributed by atoms with Crippen LogP contribution < -0.4 is 0 Å². The molecule has 0 spiro atoms. The summed E-state index contributed by atoms with van der Waals surface area (Å²) in [7, 11) is 0. The van der Waals surface area contributed by atoms with Gasteiger partial charge in [0.1, 0.15) is 12.1 Å². The molecule has 0 atom stereocenters. The predicted octanol–water partition coefficient (Wildman–Crippen LogP) is 1.50. The second-order valence-electron chi connectivity index (χ2n) is 2.18. The summed E-state index contributed by atoms with van der Waals surface area (Å²) in [6, 6.07) is 0. The zero-order valence-electron chi connectivity index (χ0n) is 6.39. The Morgan fingerprint density at radius 1 is 1.50 bits per heavy atom. The quantitative estimate of drug-likeness (QED) is 0.438. The minimum atomic E-state index is 0.0341. The van der Waals surface area contributed by atoms with E-state index < -0.39 is 0 Å². The molecule has 0 amide bonds. The number of carbonyl (C=O) groups is 2. The van der Waals surface area contributed by atoms with Crippen molar-refractivity contribution in [2.24, 2.45) is 0 Å². The summed E-state index contributed by atoms with van der Waals surface area (Å²) < 4.78 is 0. The lowest BCUT2D eigenvalue weighted by molar-refractivity contribution is -0.117. The number of aldehydes is 1. The Morgan fingerprint density at radius 3 is 2.40 bits per heavy atom. The average Bonchev–Trinajstić information content (AvgIpc) is 1.86. The van der Waals surface area contributed by atoms with Crippen molar-refractivity contribution >= 4 is 12.1 Å². The first-order valence-corrected chi connectivity index (χ1v) is 3.34. The summed E-state index contributed by atoms with van der Waals surface area (Å²) in [6.45, 7) is 3.41. The van der Waals surface area contributed by atoms with Crippen LogP contribution in [-0.2, 0) is 9.59 Å². The van der Waals surface area contributed by atoms with Gasteiger partial charge in [0.05, 0.1) is 0 Å². The fraction of sp³-hybridized carbons (Fsp3) is 0.500. The third kappa shape index (κ3) is 4.01. The van der Waals surface area contributed by atoms with Crippen LogP contribution in [0.2, 0.25) is 0 Å². The lowest BCUT2D eigenvalue weighted by atomic mass is 10.1. The Balaban J connectivity index is 3.95. The molecule has 0 saturated heterocycles. The number of ketones is 1. The molecule has 0 aliphatic heterocycles. The maximum atomic E-state index is 10.5. The van der Waals surface area contributed by atoms with Crippen molar-refractivity contribution in [1.82, 2.24) is 0 Å². The number of rotatable bonds is 4. The van der Waals surface area contributed by atoms with Crippen molar-refractivity contribution in [3.8, 4) is 0 Å². The SMILES string of the molecule is CC/C=C(/C=O)CC(C)=O. The molecule has 10 heavy (non-hydrogen) atoms. The van der Waals surface area contributed by atoms with Gasteiger partial charge in [-0.2, -0.15) is 0 Å². The lowest BCUT2D eigenvalue weighted by Gasteiger charge is -1.92. The standard InChI is InChI=1S/C8H12O2/c1-3-4-8(6-9)5-7(2)10/h4,6H,3,5H2,1-2H3/b8-4+. The van der Waals surface area contributed by atoms with E-state index >= 15 is 0 Å². The highest BCUT2D eigenvalue weighted by Gasteiger charge is 1.97. The summed E-state index contributed by atoms with van der Waals surface area (Å²) in [6.07, 6.45) is 3.60. The topological polar surface area (TPSA) is 34.1 Å². The molecule has 0 radical (unpaired) electrons. The molecular weight excluding hydrogens is 128 g/mol. The molecule has 0 rings (SSSR count). The van der Waals surface area contributed by atoms with Gasteiger partial charge < -0.3 is 0 Å². The first-order chi connectivity index (χ1) is 4.70. The Labute approximate surface area is 60.9 Å². The van der Waals surface area contributed by atoms with Crippen LogP contribution in [0.4, 0.5) is 0 Å². The van der Waals surface area contributed by atoms with E-state index in [0.29, 0.717) is 5.57 Å². The van der Waals surface area contributed by atoms with Gasteiger partial charge in [0.15, 0.2) is 0 Å². The molecule has 0 saturated carbocycles. The number of hydrogen-bond donors (Lipinski definition) is 0. The largest absolute Gasteiger partial charge is 0.300 e. The third-order valence-electron chi connectivity index (χ3n) is 1.07. The summed E-state index contributed by atoms with van der Waals surface area (Å²) in [5.74, 6) is 0.0341. The van der Waals surface area contributed by atoms with Crippen LogP contribution in [0.3, 0.4) is 0 Å². The van der Waals surface area contributed by atoms with Crippen molar-refractivity contribution in [2.45, 2.75) is 26.7 Å². The van der Waals surface area contributed by atoms with Crippen molar-refractivity contribution in [3.63, 3.8) is 0 Å².